The normalized spacial score (nSPS) is 16.4. The molecule has 20 heavy (non-hydrogen) atoms. The smallest absolute Gasteiger partial charge is 0.341 e. The summed E-state index contributed by atoms with van der Waals surface area (Å²) in [5, 5.41) is 0. The van der Waals surface area contributed by atoms with Crippen molar-refractivity contribution in [1.82, 2.24) is 9.97 Å². The van der Waals surface area contributed by atoms with E-state index in [1.54, 1.807) is 13.1 Å². The zero-order valence-corrected chi connectivity index (χ0v) is 12.4. The van der Waals surface area contributed by atoms with Crippen LogP contribution in [0.2, 0.25) is 0 Å². The fraction of sp³-hybridized carbons (Fsp3) is 0.667. The molecule has 0 saturated carbocycles. The van der Waals surface area contributed by atoms with Gasteiger partial charge in [0.15, 0.2) is 0 Å². The average Bonchev–Trinajstić information content (AvgIpc) is 2.47. The van der Waals surface area contributed by atoms with E-state index in [-0.39, 0.29) is 11.9 Å². The summed E-state index contributed by atoms with van der Waals surface area (Å²) in [7, 11) is 0. The Kier molecular flexibility index (Phi) is 5.06. The maximum atomic E-state index is 11.9. The van der Waals surface area contributed by atoms with Crippen molar-refractivity contribution in [1.29, 1.82) is 0 Å². The molecule has 1 saturated heterocycles. The van der Waals surface area contributed by atoms with Crippen LogP contribution in [0.1, 0.15) is 67.3 Å². The lowest BCUT2D eigenvalue weighted by Crippen LogP contribution is -2.19. The number of carbonyl (C=O) groups is 1. The van der Waals surface area contributed by atoms with Gasteiger partial charge in [0.05, 0.1) is 17.9 Å². The van der Waals surface area contributed by atoms with Crippen LogP contribution in [0.3, 0.4) is 0 Å². The van der Waals surface area contributed by atoms with E-state index in [9.17, 15) is 4.79 Å². The van der Waals surface area contributed by atoms with Crippen LogP contribution in [0.5, 0.6) is 0 Å². The van der Waals surface area contributed by atoms with Crippen LogP contribution in [0.15, 0.2) is 6.20 Å². The van der Waals surface area contributed by atoms with Crippen LogP contribution in [-0.4, -0.2) is 35.8 Å². The predicted octanol–water partition coefficient (Wildman–Crippen LogP) is 2.67. The van der Waals surface area contributed by atoms with E-state index in [2.05, 4.69) is 9.97 Å². The van der Waals surface area contributed by atoms with Gasteiger partial charge in [0.2, 0.25) is 0 Å². The fourth-order valence-electron chi connectivity index (χ4n) is 2.37. The Morgan fingerprint density at radius 3 is 2.75 bits per heavy atom. The topological polar surface area (TPSA) is 61.3 Å². The quantitative estimate of drug-likeness (QED) is 0.792. The first-order valence-electron chi connectivity index (χ1n) is 7.25. The van der Waals surface area contributed by atoms with E-state index >= 15 is 0 Å². The molecule has 0 unspecified atom stereocenters. The number of hydrogen-bond acceptors (Lipinski definition) is 5. The Morgan fingerprint density at radius 2 is 2.15 bits per heavy atom. The highest BCUT2D eigenvalue weighted by Crippen LogP contribution is 2.26. The molecule has 1 fully saturated rings. The lowest BCUT2D eigenvalue weighted by Gasteiger charge is -2.22. The molecule has 0 amide bonds. The summed E-state index contributed by atoms with van der Waals surface area (Å²) < 4.78 is 10.4. The van der Waals surface area contributed by atoms with Gasteiger partial charge in [0.25, 0.3) is 0 Å². The summed E-state index contributed by atoms with van der Waals surface area (Å²) in [6.45, 7) is 7.72. The second-order valence-corrected chi connectivity index (χ2v) is 5.29. The summed E-state index contributed by atoms with van der Waals surface area (Å²) in [6.07, 6.45) is 3.50. The molecular weight excluding hydrogens is 256 g/mol. The molecule has 0 bridgehead atoms. The van der Waals surface area contributed by atoms with Crippen LogP contribution in [0.25, 0.3) is 0 Å². The van der Waals surface area contributed by atoms with Crippen molar-refractivity contribution >= 4 is 5.97 Å². The lowest BCUT2D eigenvalue weighted by molar-refractivity contribution is 0.0522. The minimum Gasteiger partial charge on any atom is -0.462 e. The van der Waals surface area contributed by atoms with Gasteiger partial charge in [-0.2, -0.15) is 0 Å². The molecule has 1 aromatic rings. The second kappa shape index (κ2) is 6.79. The van der Waals surface area contributed by atoms with Crippen molar-refractivity contribution in [2.75, 3.05) is 19.8 Å². The maximum absolute atomic E-state index is 11.9. The molecule has 0 aromatic carbocycles. The fourth-order valence-corrected chi connectivity index (χ4v) is 2.37. The molecule has 0 radical (unpaired) electrons. The Balaban J connectivity index is 2.29. The van der Waals surface area contributed by atoms with Gasteiger partial charge in [-0.15, -0.1) is 0 Å². The summed E-state index contributed by atoms with van der Waals surface area (Å²) >= 11 is 0. The first-order valence-corrected chi connectivity index (χ1v) is 7.25. The number of rotatable bonds is 4. The zero-order chi connectivity index (χ0) is 14.5. The van der Waals surface area contributed by atoms with Gasteiger partial charge in [0, 0.05) is 25.3 Å². The molecule has 5 nitrogen and oxygen atoms in total. The summed E-state index contributed by atoms with van der Waals surface area (Å²) in [4.78, 5) is 20.9. The highest BCUT2D eigenvalue weighted by molar-refractivity contribution is 5.90. The third-order valence-electron chi connectivity index (χ3n) is 3.47. The highest BCUT2D eigenvalue weighted by Gasteiger charge is 2.23. The minimum absolute atomic E-state index is 0.163. The minimum atomic E-state index is -0.338. The van der Waals surface area contributed by atoms with Gasteiger partial charge >= 0.3 is 5.97 Å². The van der Waals surface area contributed by atoms with Crippen molar-refractivity contribution in [3.05, 3.63) is 23.3 Å². The Labute approximate surface area is 119 Å². The molecule has 2 rings (SSSR count). The Morgan fingerprint density at radius 1 is 1.45 bits per heavy atom. The van der Waals surface area contributed by atoms with Crippen molar-refractivity contribution in [3.63, 3.8) is 0 Å². The molecule has 1 aliphatic heterocycles. The van der Waals surface area contributed by atoms with Crippen LogP contribution < -0.4 is 0 Å². The molecule has 0 atom stereocenters. The summed E-state index contributed by atoms with van der Waals surface area (Å²) in [6, 6.07) is 0. The largest absolute Gasteiger partial charge is 0.462 e. The third kappa shape index (κ3) is 3.33. The van der Waals surface area contributed by atoms with Gasteiger partial charge in [-0.1, -0.05) is 13.8 Å². The molecule has 0 N–H and O–H groups in total. The number of aromatic nitrogens is 2. The number of carbonyl (C=O) groups excluding carboxylic acids is 1. The standard InChI is InChI=1S/C15H22N2O3/c1-4-20-15(18)12-9-16-14(17-13(12)10(2)3)11-5-7-19-8-6-11/h9-11H,4-8H2,1-3H3. The monoisotopic (exact) mass is 278 g/mol. The summed E-state index contributed by atoms with van der Waals surface area (Å²) in [5.41, 5.74) is 1.26. The number of esters is 1. The summed E-state index contributed by atoms with van der Waals surface area (Å²) in [5.74, 6) is 0.980. The van der Waals surface area contributed by atoms with Crippen LogP contribution in [-0.2, 0) is 9.47 Å². The first kappa shape index (κ1) is 14.9. The highest BCUT2D eigenvalue weighted by atomic mass is 16.5. The second-order valence-electron chi connectivity index (χ2n) is 5.29. The van der Waals surface area contributed by atoms with Crippen molar-refractivity contribution in [2.24, 2.45) is 0 Å². The maximum Gasteiger partial charge on any atom is 0.341 e. The van der Waals surface area contributed by atoms with E-state index in [0.29, 0.717) is 18.1 Å². The SMILES string of the molecule is CCOC(=O)c1cnc(C2CCOCC2)nc1C(C)C. The van der Waals surface area contributed by atoms with E-state index in [4.69, 9.17) is 9.47 Å². The number of nitrogens with zero attached hydrogens (tertiary/aromatic N) is 2. The van der Waals surface area contributed by atoms with Crippen molar-refractivity contribution < 1.29 is 14.3 Å². The molecule has 1 aromatic heterocycles. The van der Waals surface area contributed by atoms with Crippen LogP contribution in [0, 0.1) is 0 Å². The van der Waals surface area contributed by atoms with Gasteiger partial charge in [-0.25, -0.2) is 14.8 Å². The van der Waals surface area contributed by atoms with E-state index < -0.39 is 0 Å². The van der Waals surface area contributed by atoms with Gasteiger partial charge in [-0.05, 0) is 25.7 Å². The Bertz CT molecular complexity index is 468. The first-order chi connectivity index (χ1) is 9.63. The lowest BCUT2D eigenvalue weighted by atomic mass is 9.98. The molecular formula is C15H22N2O3. The van der Waals surface area contributed by atoms with Gasteiger partial charge in [0.1, 0.15) is 5.82 Å². The van der Waals surface area contributed by atoms with Gasteiger partial charge in [-0.3, -0.25) is 0 Å². The predicted molar refractivity (Wildman–Crippen MR) is 74.9 cm³/mol. The van der Waals surface area contributed by atoms with Crippen molar-refractivity contribution in [2.45, 2.75) is 45.4 Å². The average molecular weight is 278 g/mol. The molecule has 110 valence electrons. The molecule has 0 aliphatic carbocycles. The molecule has 1 aliphatic rings. The van der Waals surface area contributed by atoms with Crippen LogP contribution >= 0.6 is 0 Å². The van der Waals surface area contributed by atoms with E-state index in [1.807, 2.05) is 13.8 Å². The molecule has 0 spiro atoms. The number of ether oxygens (including phenoxy) is 2. The number of hydrogen-bond donors (Lipinski definition) is 0. The molecule has 2 heterocycles. The van der Waals surface area contributed by atoms with E-state index in [0.717, 1.165) is 37.6 Å². The third-order valence-corrected chi connectivity index (χ3v) is 3.47. The molecule has 5 heteroatoms. The van der Waals surface area contributed by atoms with Gasteiger partial charge < -0.3 is 9.47 Å². The van der Waals surface area contributed by atoms with Crippen LogP contribution in [0.4, 0.5) is 0 Å². The van der Waals surface area contributed by atoms with E-state index in [1.165, 1.54) is 0 Å². The van der Waals surface area contributed by atoms with Crippen molar-refractivity contribution in [3.8, 4) is 0 Å². The Hall–Kier alpha value is -1.49. The zero-order valence-electron chi connectivity index (χ0n) is 12.4.